The van der Waals surface area contributed by atoms with E-state index in [9.17, 15) is 9.59 Å². The third kappa shape index (κ3) is 3.25. The van der Waals surface area contributed by atoms with E-state index in [-0.39, 0.29) is 18.0 Å². The molecule has 0 aliphatic heterocycles. The van der Waals surface area contributed by atoms with Gasteiger partial charge in [0, 0.05) is 23.5 Å². The van der Waals surface area contributed by atoms with Crippen molar-refractivity contribution in [3.8, 4) is 5.75 Å². The maximum Gasteiger partial charge on any atom is 0.170 e. The van der Waals surface area contributed by atoms with Crippen molar-refractivity contribution in [2.75, 3.05) is 7.11 Å². The van der Waals surface area contributed by atoms with Crippen LogP contribution in [0.5, 0.6) is 5.75 Å². The zero-order valence-electron chi connectivity index (χ0n) is 10.5. The molecule has 19 heavy (non-hydrogen) atoms. The third-order valence-electron chi connectivity index (χ3n) is 2.74. The lowest BCUT2D eigenvalue weighted by Gasteiger charge is -2.03. The summed E-state index contributed by atoms with van der Waals surface area (Å²) in [6.07, 6.45) is 2.92. The number of benzene rings is 1. The van der Waals surface area contributed by atoms with Crippen LogP contribution in [0.3, 0.4) is 0 Å². The van der Waals surface area contributed by atoms with Crippen LogP contribution in [0.4, 0.5) is 0 Å². The number of hydrogen-bond acceptors (Lipinski definition) is 4. The summed E-state index contributed by atoms with van der Waals surface area (Å²) in [6.45, 7) is 0. The van der Waals surface area contributed by atoms with Crippen LogP contribution in [-0.2, 0) is 0 Å². The Morgan fingerprint density at radius 2 is 1.47 bits per heavy atom. The minimum absolute atomic E-state index is 0.143. The molecule has 0 aliphatic carbocycles. The SMILES string of the molecule is COc1ccc(C(=O)CC(=O)c2ccncc2)cc1. The standard InChI is InChI=1S/C15H13NO3/c1-19-13-4-2-11(3-5-13)14(17)10-15(18)12-6-8-16-9-7-12/h2-9H,10H2,1H3. The Hall–Kier alpha value is -2.49. The highest BCUT2D eigenvalue weighted by Gasteiger charge is 2.13. The van der Waals surface area contributed by atoms with Gasteiger partial charge < -0.3 is 4.74 Å². The first kappa shape index (κ1) is 13.0. The first-order valence-corrected chi connectivity index (χ1v) is 5.81. The summed E-state index contributed by atoms with van der Waals surface area (Å²) in [7, 11) is 1.56. The van der Waals surface area contributed by atoms with E-state index >= 15 is 0 Å². The van der Waals surface area contributed by atoms with Crippen molar-refractivity contribution in [3.63, 3.8) is 0 Å². The highest BCUT2D eigenvalue weighted by molar-refractivity contribution is 6.13. The van der Waals surface area contributed by atoms with Gasteiger partial charge in [-0.1, -0.05) is 0 Å². The first-order chi connectivity index (χ1) is 9.20. The van der Waals surface area contributed by atoms with Gasteiger partial charge in [0.05, 0.1) is 13.5 Å². The van der Waals surface area contributed by atoms with Gasteiger partial charge in [-0.15, -0.1) is 0 Å². The predicted molar refractivity (Wildman–Crippen MR) is 70.5 cm³/mol. The lowest BCUT2D eigenvalue weighted by molar-refractivity contribution is 0.0894. The monoisotopic (exact) mass is 255 g/mol. The van der Waals surface area contributed by atoms with Gasteiger partial charge in [-0.2, -0.15) is 0 Å². The summed E-state index contributed by atoms with van der Waals surface area (Å²) in [5.74, 6) is 0.268. The van der Waals surface area contributed by atoms with Gasteiger partial charge in [0.1, 0.15) is 5.75 Å². The average molecular weight is 255 g/mol. The average Bonchev–Trinajstić information content (AvgIpc) is 2.48. The molecular weight excluding hydrogens is 242 g/mol. The highest BCUT2D eigenvalue weighted by atomic mass is 16.5. The van der Waals surface area contributed by atoms with E-state index in [1.54, 1.807) is 43.5 Å². The third-order valence-corrected chi connectivity index (χ3v) is 2.74. The number of hydrogen-bond donors (Lipinski definition) is 0. The van der Waals surface area contributed by atoms with E-state index in [4.69, 9.17) is 4.74 Å². The summed E-state index contributed by atoms with van der Waals surface area (Å²) >= 11 is 0. The second-order valence-electron chi connectivity index (χ2n) is 3.99. The molecule has 96 valence electrons. The molecule has 1 heterocycles. The fraction of sp³-hybridized carbons (Fsp3) is 0.133. The molecule has 4 heteroatoms. The zero-order valence-corrected chi connectivity index (χ0v) is 10.5. The summed E-state index contributed by atoms with van der Waals surface area (Å²) in [5.41, 5.74) is 1.00. The Balaban J connectivity index is 2.06. The fourth-order valence-electron chi connectivity index (χ4n) is 1.66. The number of rotatable bonds is 5. The molecule has 1 aromatic heterocycles. The van der Waals surface area contributed by atoms with Crippen molar-refractivity contribution in [2.24, 2.45) is 0 Å². The van der Waals surface area contributed by atoms with Gasteiger partial charge in [-0.3, -0.25) is 14.6 Å². The minimum atomic E-state index is -0.205. The Labute approximate surface area is 111 Å². The number of carbonyl (C=O) groups is 2. The number of aromatic nitrogens is 1. The Kier molecular flexibility index (Phi) is 4.03. The molecule has 2 rings (SSSR count). The van der Waals surface area contributed by atoms with Gasteiger partial charge in [-0.25, -0.2) is 0 Å². The molecule has 0 saturated heterocycles. The normalized spacial score (nSPS) is 9.95. The molecule has 0 spiro atoms. The van der Waals surface area contributed by atoms with Crippen molar-refractivity contribution in [1.29, 1.82) is 0 Å². The molecular formula is C15H13NO3. The maximum absolute atomic E-state index is 12.0. The zero-order chi connectivity index (χ0) is 13.7. The van der Waals surface area contributed by atoms with E-state index in [1.807, 2.05) is 0 Å². The van der Waals surface area contributed by atoms with Crippen molar-refractivity contribution in [3.05, 3.63) is 59.9 Å². The maximum atomic E-state index is 12.0. The number of nitrogens with zero attached hydrogens (tertiary/aromatic N) is 1. The molecule has 2 aromatic rings. The number of carbonyl (C=O) groups excluding carboxylic acids is 2. The molecule has 1 aromatic carbocycles. The van der Waals surface area contributed by atoms with E-state index in [0.29, 0.717) is 16.9 Å². The fourth-order valence-corrected chi connectivity index (χ4v) is 1.66. The quantitative estimate of drug-likeness (QED) is 0.608. The van der Waals surface area contributed by atoms with Crippen LogP contribution < -0.4 is 4.74 Å². The second-order valence-corrected chi connectivity index (χ2v) is 3.99. The van der Waals surface area contributed by atoms with Crippen molar-refractivity contribution in [2.45, 2.75) is 6.42 Å². The van der Waals surface area contributed by atoms with Crippen LogP contribution in [0.1, 0.15) is 27.1 Å². The molecule has 0 bridgehead atoms. The van der Waals surface area contributed by atoms with Gasteiger partial charge in [0.15, 0.2) is 11.6 Å². The molecule has 0 atom stereocenters. The minimum Gasteiger partial charge on any atom is -0.497 e. The van der Waals surface area contributed by atoms with E-state index in [2.05, 4.69) is 4.98 Å². The van der Waals surface area contributed by atoms with Crippen LogP contribution in [-0.4, -0.2) is 23.7 Å². The molecule has 0 fully saturated rings. The number of ketones is 2. The summed E-state index contributed by atoms with van der Waals surface area (Å²) < 4.78 is 5.01. The van der Waals surface area contributed by atoms with Crippen molar-refractivity contribution in [1.82, 2.24) is 4.98 Å². The molecule has 0 unspecified atom stereocenters. The Morgan fingerprint density at radius 1 is 0.947 bits per heavy atom. The largest absolute Gasteiger partial charge is 0.497 e. The van der Waals surface area contributed by atoms with E-state index < -0.39 is 0 Å². The van der Waals surface area contributed by atoms with Gasteiger partial charge in [0.25, 0.3) is 0 Å². The van der Waals surface area contributed by atoms with Crippen LogP contribution >= 0.6 is 0 Å². The summed E-state index contributed by atoms with van der Waals surface area (Å²) in [4.78, 5) is 27.7. The predicted octanol–water partition coefficient (Wildman–Crippen LogP) is 2.55. The molecule has 0 amide bonds. The van der Waals surface area contributed by atoms with E-state index in [0.717, 1.165) is 0 Å². The number of pyridine rings is 1. The topological polar surface area (TPSA) is 56.3 Å². The molecule has 0 aliphatic rings. The number of methoxy groups -OCH3 is 1. The second kappa shape index (κ2) is 5.91. The molecule has 0 N–H and O–H groups in total. The Bertz CT molecular complexity index is 576. The van der Waals surface area contributed by atoms with Crippen LogP contribution in [0.25, 0.3) is 0 Å². The van der Waals surface area contributed by atoms with Gasteiger partial charge >= 0.3 is 0 Å². The van der Waals surface area contributed by atoms with Gasteiger partial charge in [0.2, 0.25) is 0 Å². The van der Waals surface area contributed by atoms with Crippen LogP contribution in [0.2, 0.25) is 0 Å². The summed E-state index contributed by atoms with van der Waals surface area (Å²) in [6, 6.07) is 9.91. The lowest BCUT2D eigenvalue weighted by atomic mass is 10.0. The summed E-state index contributed by atoms with van der Waals surface area (Å²) in [5, 5.41) is 0. The lowest BCUT2D eigenvalue weighted by Crippen LogP contribution is -2.08. The van der Waals surface area contributed by atoms with Crippen LogP contribution in [0, 0.1) is 0 Å². The smallest absolute Gasteiger partial charge is 0.170 e. The first-order valence-electron chi connectivity index (χ1n) is 5.81. The van der Waals surface area contributed by atoms with Crippen molar-refractivity contribution < 1.29 is 14.3 Å². The number of ether oxygens (including phenoxy) is 1. The number of Topliss-reactive ketones (excluding diaryl/α,β-unsaturated/α-hetero) is 2. The van der Waals surface area contributed by atoms with Gasteiger partial charge in [-0.05, 0) is 36.4 Å². The van der Waals surface area contributed by atoms with Crippen molar-refractivity contribution >= 4 is 11.6 Å². The van der Waals surface area contributed by atoms with Crippen LogP contribution in [0.15, 0.2) is 48.8 Å². The Morgan fingerprint density at radius 3 is 2.00 bits per heavy atom. The molecule has 0 radical (unpaired) electrons. The molecule has 4 nitrogen and oxygen atoms in total. The molecule has 0 saturated carbocycles. The van der Waals surface area contributed by atoms with E-state index in [1.165, 1.54) is 12.4 Å². The highest BCUT2D eigenvalue weighted by Crippen LogP contribution is 2.14.